The summed E-state index contributed by atoms with van der Waals surface area (Å²) in [6.45, 7) is 0.0130. The number of nitro groups is 1. The van der Waals surface area contributed by atoms with Gasteiger partial charge in [0, 0.05) is 38.3 Å². The van der Waals surface area contributed by atoms with Gasteiger partial charge in [-0.1, -0.05) is 18.2 Å². The Hall–Kier alpha value is -2.78. The van der Waals surface area contributed by atoms with Crippen LogP contribution in [0.1, 0.15) is 15.9 Å². The van der Waals surface area contributed by atoms with E-state index in [0.29, 0.717) is 5.56 Å². The molecule has 0 atom stereocenters. The van der Waals surface area contributed by atoms with Gasteiger partial charge in [0.1, 0.15) is 0 Å². The molecule has 9 heteroatoms. The summed E-state index contributed by atoms with van der Waals surface area (Å²) in [6.07, 6.45) is 0. The van der Waals surface area contributed by atoms with Gasteiger partial charge in [-0.15, -0.1) is 0 Å². The average Bonchev–Trinajstić information content (AvgIpc) is 2.59. The second kappa shape index (κ2) is 7.41. The van der Waals surface area contributed by atoms with Gasteiger partial charge in [0.2, 0.25) is 10.0 Å². The molecular weight excluding hydrogens is 346 g/mol. The fourth-order valence-corrected chi connectivity index (χ4v) is 3.23. The van der Waals surface area contributed by atoms with Crippen molar-refractivity contribution >= 4 is 21.6 Å². The molecule has 1 amide bonds. The van der Waals surface area contributed by atoms with E-state index >= 15 is 0 Å². The zero-order valence-corrected chi connectivity index (χ0v) is 14.5. The summed E-state index contributed by atoms with van der Waals surface area (Å²) in [5.74, 6) is -0.452. The van der Waals surface area contributed by atoms with E-state index in [0.717, 1.165) is 4.31 Å². The van der Waals surface area contributed by atoms with Gasteiger partial charge in [-0.05, 0) is 23.8 Å². The molecule has 132 valence electrons. The Bertz CT molecular complexity index is 892. The fraction of sp³-hybridized carbons (Fsp3) is 0.188. The summed E-state index contributed by atoms with van der Waals surface area (Å²) in [6, 6.07) is 11.5. The molecule has 0 aliphatic carbocycles. The summed E-state index contributed by atoms with van der Waals surface area (Å²) >= 11 is 0. The number of benzene rings is 2. The number of amides is 1. The Labute approximate surface area is 145 Å². The van der Waals surface area contributed by atoms with Crippen LogP contribution in [-0.2, 0) is 16.6 Å². The molecule has 0 saturated carbocycles. The van der Waals surface area contributed by atoms with E-state index in [1.807, 2.05) is 0 Å². The van der Waals surface area contributed by atoms with E-state index in [1.54, 1.807) is 18.2 Å². The van der Waals surface area contributed by atoms with E-state index in [2.05, 4.69) is 5.32 Å². The van der Waals surface area contributed by atoms with E-state index in [9.17, 15) is 23.3 Å². The number of rotatable bonds is 6. The van der Waals surface area contributed by atoms with Crippen LogP contribution in [0.25, 0.3) is 0 Å². The lowest BCUT2D eigenvalue weighted by Gasteiger charge is -2.15. The van der Waals surface area contributed by atoms with Crippen LogP contribution in [0.2, 0.25) is 0 Å². The van der Waals surface area contributed by atoms with Crippen molar-refractivity contribution in [2.45, 2.75) is 11.4 Å². The van der Waals surface area contributed by atoms with Crippen molar-refractivity contribution in [1.29, 1.82) is 0 Å². The zero-order chi connectivity index (χ0) is 18.6. The Kier molecular flexibility index (Phi) is 5.50. The first-order valence-electron chi connectivity index (χ1n) is 7.26. The zero-order valence-electron chi connectivity index (χ0n) is 13.7. The maximum Gasteiger partial charge on any atom is 0.269 e. The quantitative estimate of drug-likeness (QED) is 0.621. The first kappa shape index (κ1) is 18.6. The van der Waals surface area contributed by atoms with Crippen molar-refractivity contribution < 1.29 is 18.1 Å². The molecule has 0 aliphatic heterocycles. The Morgan fingerprint density at radius 1 is 1.12 bits per heavy atom. The number of sulfonamides is 1. The Morgan fingerprint density at radius 3 is 2.28 bits per heavy atom. The molecular formula is C16H17N3O5S. The van der Waals surface area contributed by atoms with E-state index in [4.69, 9.17) is 0 Å². The normalized spacial score (nSPS) is 11.3. The molecule has 1 N–H and O–H groups in total. The highest BCUT2D eigenvalue weighted by Gasteiger charge is 2.21. The van der Waals surface area contributed by atoms with Crippen LogP contribution in [-0.4, -0.2) is 37.6 Å². The van der Waals surface area contributed by atoms with Crippen LogP contribution in [0.3, 0.4) is 0 Å². The lowest BCUT2D eigenvalue weighted by Crippen LogP contribution is -2.27. The lowest BCUT2D eigenvalue weighted by molar-refractivity contribution is -0.384. The molecule has 0 spiro atoms. The summed E-state index contributed by atoms with van der Waals surface area (Å²) < 4.78 is 25.7. The van der Waals surface area contributed by atoms with Crippen LogP contribution in [0.15, 0.2) is 53.4 Å². The van der Waals surface area contributed by atoms with Gasteiger partial charge in [-0.2, -0.15) is 0 Å². The van der Waals surface area contributed by atoms with Gasteiger partial charge < -0.3 is 5.32 Å². The molecule has 0 aliphatic rings. The summed E-state index contributed by atoms with van der Waals surface area (Å²) in [5.41, 5.74) is 0.587. The number of carbonyl (C=O) groups excluding carboxylic acids is 1. The number of nitrogens with zero attached hydrogens (tertiary/aromatic N) is 2. The van der Waals surface area contributed by atoms with Gasteiger partial charge in [0.25, 0.3) is 11.6 Å². The highest BCUT2D eigenvalue weighted by atomic mass is 32.2. The molecule has 0 saturated heterocycles. The molecule has 0 aromatic heterocycles. The van der Waals surface area contributed by atoms with Crippen LogP contribution in [0.5, 0.6) is 0 Å². The summed E-state index contributed by atoms with van der Waals surface area (Å²) in [7, 11) is -0.764. The molecule has 2 aromatic carbocycles. The fourth-order valence-electron chi connectivity index (χ4n) is 2.11. The van der Waals surface area contributed by atoms with E-state index in [1.165, 1.54) is 44.4 Å². The second-order valence-electron chi connectivity index (χ2n) is 5.38. The van der Waals surface area contributed by atoms with Gasteiger partial charge in [-0.3, -0.25) is 14.9 Å². The highest BCUT2D eigenvalue weighted by Crippen LogP contribution is 2.18. The van der Waals surface area contributed by atoms with Crippen LogP contribution in [0.4, 0.5) is 5.69 Å². The van der Waals surface area contributed by atoms with Gasteiger partial charge in [0.05, 0.1) is 9.82 Å². The van der Waals surface area contributed by atoms with Crippen molar-refractivity contribution in [2.75, 3.05) is 14.1 Å². The van der Waals surface area contributed by atoms with Crippen molar-refractivity contribution in [3.05, 3.63) is 69.8 Å². The van der Waals surface area contributed by atoms with Crippen LogP contribution < -0.4 is 5.32 Å². The number of nitro benzene ring substituents is 1. The first-order chi connectivity index (χ1) is 11.7. The Balaban J connectivity index is 2.17. The van der Waals surface area contributed by atoms with Crippen LogP contribution >= 0.6 is 0 Å². The number of hydrogen-bond donors (Lipinski definition) is 1. The molecule has 0 unspecified atom stereocenters. The molecule has 2 aromatic rings. The Morgan fingerprint density at radius 2 is 1.72 bits per heavy atom. The second-order valence-corrected chi connectivity index (χ2v) is 7.50. The minimum absolute atomic E-state index is 0.0130. The summed E-state index contributed by atoms with van der Waals surface area (Å²) in [5, 5.41) is 13.2. The SMILES string of the molecule is CN(C)S(=O)(=O)c1ccccc1CNC(=O)c1ccc([N+](=O)[O-])cc1. The van der Waals surface area contributed by atoms with E-state index in [-0.39, 0.29) is 22.7 Å². The lowest BCUT2D eigenvalue weighted by atomic mass is 10.2. The number of non-ortho nitro benzene ring substituents is 1. The number of nitrogens with one attached hydrogen (secondary N) is 1. The molecule has 8 nitrogen and oxygen atoms in total. The van der Waals surface area contributed by atoms with Crippen molar-refractivity contribution in [3.8, 4) is 0 Å². The number of hydrogen-bond acceptors (Lipinski definition) is 5. The third-order valence-corrected chi connectivity index (χ3v) is 5.43. The monoisotopic (exact) mass is 363 g/mol. The first-order valence-corrected chi connectivity index (χ1v) is 8.70. The van der Waals surface area contributed by atoms with Crippen LogP contribution in [0, 0.1) is 10.1 Å². The molecule has 2 rings (SSSR count). The third-order valence-electron chi connectivity index (χ3n) is 3.51. The van der Waals surface area contributed by atoms with Crippen molar-refractivity contribution in [1.82, 2.24) is 9.62 Å². The minimum Gasteiger partial charge on any atom is -0.348 e. The standard InChI is InChI=1S/C16H17N3O5S/c1-18(2)25(23,24)15-6-4-3-5-13(15)11-17-16(20)12-7-9-14(10-8-12)19(21)22/h3-10H,11H2,1-2H3,(H,17,20). The predicted octanol–water partition coefficient (Wildman–Crippen LogP) is 1.78. The van der Waals surface area contributed by atoms with Gasteiger partial charge in [0.15, 0.2) is 0 Å². The molecule has 0 radical (unpaired) electrons. The minimum atomic E-state index is -3.63. The van der Waals surface area contributed by atoms with E-state index < -0.39 is 20.9 Å². The molecule has 25 heavy (non-hydrogen) atoms. The third kappa shape index (κ3) is 4.20. The molecule has 0 heterocycles. The highest BCUT2D eigenvalue weighted by molar-refractivity contribution is 7.89. The van der Waals surface area contributed by atoms with Gasteiger partial charge >= 0.3 is 0 Å². The largest absolute Gasteiger partial charge is 0.348 e. The van der Waals surface area contributed by atoms with Crippen molar-refractivity contribution in [2.24, 2.45) is 0 Å². The van der Waals surface area contributed by atoms with Gasteiger partial charge in [-0.25, -0.2) is 12.7 Å². The maximum atomic E-state index is 12.3. The summed E-state index contributed by atoms with van der Waals surface area (Å²) in [4.78, 5) is 22.3. The topological polar surface area (TPSA) is 110 Å². The van der Waals surface area contributed by atoms with Crippen molar-refractivity contribution in [3.63, 3.8) is 0 Å². The number of carbonyl (C=O) groups is 1. The molecule has 0 bridgehead atoms. The molecule has 0 fully saturated rings. The average molecular weight is 363 g/mol. The maximum absolute atomic E-state index is 12.3. The predicted molar refractivity (Wildman–Crippen MR) is 91.6 cm³/mol. The smallest absolute Gasteiger partial charge is 0.269 e.